The second-order valence-corrected chi connectivity index (χ2v) is 4.78. The lowest BCUT2D eigenvalue weighted by Gasteiger charge is -2.33. The van der Waals surface area contributed by atoms with Crippen LogP contribution < -0.4 is 10.6 Å². The average Bonchev–Trinajstić information content (AvgIpc) is 2.39. The number of nitrogens with zero attached hydrogens (tertiary/aromatic N) is 1. The van der Waals surface area contributed by atoms with E-state index in [9.17, 15) is 9.59 Å². The molecule has 0 radical (unpaired) electrons. The molecule has 1 aliphatic rings. The molecule has 96 valence electrons. The van der Waals surface area contributed by atoms with Gasteiger partial charge in [-0.2, -0.15) is 0 Å². The molecule has 1 amide bonds. The maximum absolute atomic E-state index is 11.0. The molecule has 2 rings (SSSR count). The lowest BCUT2D eigenvalue weighted by atomic mass is 9.93. The Hall–Kier alpha value is -1.84. The van der Waals surface area contributed by atoms with Crippen molar-refractivity contribution in [2.75, 3.05) is 18.0 Å². The van der Waals surface area contributed by atoms with E-state index >= 15 is 0 Å². The van der Waals surface area contributed by atoms with Crippen LogP contribution in [0.25, 0.3) is 0 Å². The number of nitrogens with two attached hydrogens (primary N) is 1. The largest absolute Gasteiger partial charge is 0.371 e. The molecule has 2 N–H and O–H groups in total. The molecule has 1 aromatic carbocycles. The standard InChI is InChI=1S/C14H18N2O2/c15-14(18)9-11-5-7-16(8-6-11)13-4-2-1-3-12(13)10-17/h1-4,10-11H,5-9H2,(H2,15,18). The zero-order valence-electron chi connectivity index (χ0n) is 10.3. The second-order valence-electron chi connectivity index (χ2n) is 4.78. The molecular formula is C14H18N2O2. The number of rotatable bonds is 4. The highest BCUT2D eigenvalue weighted by Gasteiger charge is 2.21. The van der Waals surface area contributed by atoms with Gasteiger partial charge in [-0.1, -0.05) is 12.1 Å². The van der Waals surface area contributed by atoms with Gasteiger partial charge in [-0.05, 0) is 30.9 Å². The van der Waals surface area contributed by atoms with Crippen LogP contribution in [0.15, 0.2) is 24.3 Å². The number of para-hydroxylation sites is 1. The van der Waals surface area contributed by atoms with Gasteiger partial charge in [0.05, 0.1) is 0 Å². The van der Waals surface area contributed by atoms with Gasteiger partial charge in [0.1, 0.15) is 0 Å². The zero-order valence-corrected chi connectivity index (χ0v) is 10.3. The van der Waals surface area contributed by atoms with E-state index in [2.05, 4.69) is 4.90 Å². The molecule has 0 aliphatic carbocycles. The summed E-state index contributed by atoms with van der Waals surface area (Å²) in [7, 11) is 0. The normalized spacial score (nSPS) is 16.6. The van der Waals surface area contributed by atoms with Gasteiger partial charge < -0.3 is 10.6 Å². The van der Waals surface area contributed by atoms with Crippen LogP contribution in [0.1, 0.15) is 29.6 Å². The predicted octanol–water partition coefficient (Wildman–Crippen LogP) is 1.59. The number of aldehydes is 1. The molecule has 0 saturated carbocycles. The molecule has 4 heteroatoms. The molecule has 0 atom stereocenters. The highest BCUT2D eigenvalue weighted by atomic mass is 16.1. The molecule has 1 heterocycles. The Morgan fingerprint density at radius 2 is 2.00 bits per heavy atom. The van der Waals surface area contributed by atoms with Gasteiger partial charge >= 0.3 is 0 Å². The molecule has 0 bridgehead atoms. The topological polar surface area (TPSA) is 63.4 Å². The highest BCUT2D eigenvalue weighted by Crippen LogP contribution is 2.26. The minimum atomic E-state index is -0.221. The van der Waals surface area contributed by atoms with E-state index in [0.29, 0.717) is 12.3 Å². The summed E-state index contributed by atoms with van der Waals surface area (Å²) in [4.78, 5) is 24.1. The fourth-order valence-electron chi connectivity index (χ4n) is 2.54. The summed E-state index contributed by atoms with van der Waals surface area (Å²) in [6, 6.07) is 7.61. The molecule has 18 heavy (non-hydrogen) atoms. The molecule has 0 spiro atoms. The van der Waals surface area contributed by atoms with Crippen LogP contribution in [0.5, 0.6) is 0 Å². The number of carbonyl (C=O) groups excluding carboxylic acids is 2. The molecule has 1 fully saturated rings. The van der Waals surface area contributed by atoms with Crippen molar-refractivity contribution in [3.05, 3.63) is 29.8 Å². The quantitative estimate of drug-likeness (QED) is 0.821. The van der Waals surface area contributed by atoms with Gasteiger partial charge in [0.15, 0.2) is 6.29 Å². The summed E-state index contributed by atoms with van der Waals surface area (Å²) >= 11 is 0. The van der Waals surface area contributed by atoms with E-state index < -0.39 is 0 Å². The Kier molecular flexibility index (Phi) is 3.97. The first-order valence-electron chi connectivity index (χ1n) is 6.28. The lowest BCUT2D eigenvalue weighted by Crippen LogP contribution is -2.35. The van der Waals surface area contributed by atoms with Crippen molar-refractivity contribution in [1.29, 1.82) is 0 Å². The predicted molar refractivity (Wildman–Crippen MR) is 70.6 cm³/mol. The van der Waals surface area contributed by atoms with Crippen LogP contribution >= 0.6 is 0 Å². The van der Waals surface area contributed by atoms with E-state index in [1.807, 2.05) is 24.3 Å². The molecule has 1 saturated heterocycles. The molecule has 1 aliphatic heterocycles. The van der Waals surface area contributed by atoms with Crippen molar-refractivity contribution in [3.8, 4) is 0 Å². The maximum atomic E-state index is 11.0. The van der Waals surface area contributed by atoms with E-state index in [1.165, 1.54) is 0 Å². The van der Waals surface area contributed by atoms with E-state index in [4.69, 9.17) is 5.73 Å². The van der Waals surface area contributed by atoms with Crippen molar-refractivity contribution >= 4 is 17.9 Å². The minimum absolute atomic E-state index is 0.221. The smallest absolute Gasteiger partial charge is 0.217 e. The number of primary amides is 1. The fourth-order valence-corrected chi connectivity index (χ4v) is 2.54. The first kappa shape index (κ1) is 12.6. The van der Waals surface area contributed by atoms with Gasteiger partial charge in [-0.3, -0.25) is 9.59 Å². The summed E-state index contributed by atoms with van der Waals surface area (Å²) in [6.07, 6.45) is 3.28. The summed E-state index contributed by atoms with van der Waals surface area (Å²) in [5.41, 5.74) is 6.93. The molecular weight excluding hydrogens is 228 g/mol. The van der Waals surface area contributed by atoms with Crippen molar-refractivity contribution < 1.29 is 9.59 Å². The monoisotopic (exact) mass is 246 g/mol. The third kappa shape index (κ3) is 2.88. The fraction of sp³-hybridized carbons (Fsp3) is 0.429. The van der Waals surface area contributed by atoms with Crippen molar-refractivity contribution in [2.45, 2.75) is 19.3 Å². The van der Waals surface area contributed by atoms with Gasteiger partial charge in [0.25, 0.3) is 0 Å². The Labute approximate surface area is 107 Å². The number of benzene rings is 1. The summed E-state index contributed by atoms with van der Waals surface area (Å²) in [6.45, 7) is 1.76. The minimum Gasteiger partial charge on any atom is -0.371 e. The van der Waals surface area contributed by atoms with Crippen LogP contribution in [-0.2, 0) is 4.79 Å². The zero-order chi connectivity index (χ0) is 13.0. The average molecular weight is 246 g/mol. The summed E-state index contributed by atoms with van der Waals surface area (Å²) in [5.74, 6) is 0.170. The van der Waals surface area contributed by atoms with Crippen molar-refractivity contribution in [2.24, 2.45) is 11.7 Å². The molecule has 0 unspecified atom stereocenters. The van der Waals surface area contributed by atoms with Crippen LogP contribution in [0, 0.1) is 5.92 Å². The van der Waals surface area contributed by atoms with E-state index in [-0.39, 0.29) is 5.91 Å². The van der Waals surface area contributed by atoms with Crippen molar-refractivity contribution in [1.82, 2.24) is 0 Å². The third-order valence-corrected chi connectivity index (χ3v) is 3.51. The maximum Gasteiger partial charge on any atom is 0.217 e. The molecule has 1 aromatic rings. The van der Waals surface area contributed by atoms with Crippen LogP contribution in [0.3, 0.4) is 0 Å². The number of piperidine rings is 1. The van der Waals surface area contributed by atoms with Crippen LogP contribution in [0.2, 0.25) is 0 Å². The number of anilines is 1. The van der Waals surface area contributed by atoms with E-state index in [1.54, 1.807) is 0 Å². The lowest BCUT2D eigenvalue weighted by molar-refractivity contribution is -0.119. The second kappa shape index (κ2) is 5.67. The number of hydrogen-bond donors (Lipinski definition) is 1. The van der Waals surface area contributed by atoms with Crippen molar-refractivity contribution in [3.63, 3.8) is 0 Å². The number of amides is 1. The molecule has 4 nitrogen and oxygen atoms in total. The first-order chi connectivity index (χ1) is 8.70. The van der Waals surface area contributed by atoms with Gasteiger partial charge in [-0.25, -0.2) is 0 Å². The van der Waals surface area contributed by atoms with E-state index in [0.717, 1.165) is 43.5 Å². The Morgan fingerprint density at radius 1 is 1.33 bits per heavy atom. The van der Waals surface area contributed by atoms with Gasteiger partial charge in [0.2, 0.25) is 5.91 Å². The molecule has 0 aromatic heterocycles. The first-order valence-corrected chi connectivity index (χ1v) is 6.28. The summed E-state index contributed by atoms with van der Waals surface area (Å²) < 4.78 is 0. The Morgan fingerprint density at radius 3 is 2.61 bits per heavy atom. The highest BCUT2D eigenvalue weighted by molar-refractivity contribution is 5.84. The SMILES string of the molecule is NC(=O)CC1CCN(c2ccccc2C=O)CC1. The van der Waals surface area contributed by atoms with Gasteiger partial charge in [0, 0.05) is 30.8 Å². The number of carbonyl (C=O) groups is 2. The Bertz CT molecular complexity index is 437. The third-order valence-electron chi connectivity index (χ3n) is 3.51. The summed E-state index contributed by atoms with van der Waals surface area (Å²) in [5, 5.41) is 0. The number of hydrogen-bond acceptors (Lipinski definition) is 3. The van der Waals surface area contributed by atoms with Gasteiger partial charge in [-0.15, -0.1) is 0 Å². The Balaban J connectivity index is 2.01. The van der Waals surface area contributed by atoms with Crippen LogP contribution in [-0.4, -0.2) is 25.3 Å². The van der Waals surface area contributed by atoms with Crippen LogP contribution in [0.4, 0.5) is 5.69 Å².